The first kappa shape index (κ1) is 19.2. The second-order valence-corrected chi connectivity index (χ2v) is 8.23. The molecular formula is C20H24N6O3. The van der Waals surface area contributed by atoms with E-state index < -0.39 is 17.7 Å². The van der Waals surface area contributed by atoms with Crippen molar-refractivity contribution in [2.24, 2.45) is 0 Å². The quantitative estimate of drug-likeness (QED) is 0.768. The van der Waals surface area contributed by atoms with Crippen molar-refractivity contribution in [1.29, 1.82) is 0 Å². The van der Waals surface area contributed by atoms with Gasteiger partial charge < -0.3 is 9.64 Å². The average Bonchev–Trinajstić information content (AvgIpc) is 3.34. The normalized spacial score (nSPS) is 18.7. The van der Waals surface area contributed by atoms with Crippen LogP contribution in [0.1, 0.15) is 50.9 Å². The molecule has 2 aliphatic heterocycles. The summed E-state index contributed by atoms with van der Waals surface area (Å²) in [6, 6.07) is -0.770. The molecule has 152 valence electrons. The highest BCUT2D eigenvalue weighted by Gasteiger charge is 2.44. The van der Waals surface area contributed by atoms with E-state index in [0.717, 1.165) is 12.8 Å². The van der Waals surface area contributed by atoms with E-state index in [1.54, 1.807) is 50.5 Å². The van der Waals surface area contributed by atoms with Gasteiger partial charge >= 0.3 is 6.09 Å². The smallest absolute Gasteiger partial charge is 0.411 e. The van der Waals surface area contributed by atoms with E-state index >= 15 is 0 Å². The predicted molar refractivity (Wildman–Crippen MR) is 103 cm³/mol. The van der Waals surface area contributed by atoms with Crippen LogP contribution in [0.25, 0.3) is 11.5 Å². The molecule has 1 atom stereocenters. The highest BCUT2D eigenvalue weighted by Crippen LogP contribution is 2.36. The summed E-state index contributed by atoms with van der Waals surface area (Å²) in [5.41, 5.74) is 1.14. The number of hydrogen-bond acceptors (Lipinski definition) is 7. The minimum Gasteiger partial charge on any atom is -0.444 e. The van der Waals surface area contributed by atoms with Crippen molar-refractivity contribution in [3.8, 4) is 11.5 Å². The lowest BCUT2D eigenvalue weighted by atomic mass is 10.1. The lowest BCUT2D eigenvalue weighted by Gasteiger charge is -2.30. The maximum absolute atomic E-state index is 13.2. The molecule has 0 N–H and O–H groups in total. The molecule has 0 radical (unpaired) electrons. The molecular weight excluding hydrogens is 372 g/mol. The molecule has 0 bridgehead atoms. The van der Waals surface area contributed by atoms with E-state index in [1.165, 1.54) is 4.90 Å². The number of ether oxygens (including phenoxy) is 1. The van der Waals surface area contributed by atoms with Crippen molar-refractivity contribution in [2.75, 3.05) is 13.1 Å². The number of rotatable bonds is 2. The molecule has 2 aromatic heterocycles. The topological polar surface area (TPSA) is 101 Å². The molecule has 2 amide bonds. The number of aromatic nitrogens is 4. The van der Waals surface area contributed by atoms with Gasteiger partial charge in [0.25, 0.3) is 0 Å². The van der Waals surface area contributed by atoms with Gasteiger partial charge in [0.15, 0.2) is 5.82 Å². The molecule has 0 aliphatic carbocycles. The zero-order chi connectivity index (χ0) is 20.6. The fourth-order valence-corrected chi connectivity index (χ4v) is 3.61. The van der Waals surface area contributed by atoms with E-state index in [4.69, 9.17) is 4.74 Å². The molecule has 29 heavy (non-hydrogen) atoms. The third-order valence-electron chi connectivity index (χ3n) is 4.90. The Balaban J connectivity index is 1.69. The van der Waals surface area contributed by atoms with Crippen LogP contribution >= 0.6 is 0 Å². The minimum absolute atomic E-state index is 0.108. The van der Waals surface area contributed by atoms with Gasteiger partial charge in [0.05, 0.1) is 18.4 Å². The van der Waals surface area contributed by atoms with Gasteiger partial charge in [-0.3, -0.25) is 14.7 Å². The van der Waals surface area contributed by atoms with E-state index in [-0.39, 0.29) is 12.5 Å². The van der Waals surface area contributed by atoms with Crippen LogP contribution in [-0.4, -0.2) is 60.4 Å². The Hall–Kier alpha value is -3.10. The van der Waals surface area contributed by atoms with Crippen LogP contribution in [0.5, 0.6) is 0 Å². The van der Waals surface area contributed by atoms with Gasteiger partial charge in [-0.05, 0) is 33.6 Å². The molecule has 9 heteroatoms. The molecule has 0 aromatic carbocycles. The van der Waals surface area contributed by atoms with Gasteiger partial charge in [0.1, 0.15) is 17.3 Å². The van der Waals surface area contributed by atoms with Crippen LogP contribution in [0.4, 0.5) is 4.79 Å². The monoisotopic (exact) mass is 396 g/mol. The predicted octanol–water partition coefficient (Wildman–Crippen LogP) is 2.35. The Bertz CT molecular complexity index is 922. The first-order valence-electron chi connectivity index (χ1n) is 9.74. The van der Waals surface area contributed by atoms with Crippen LogP contribution in [-0.2, 0) is 16.1 Å². The molecule has 2 aliphatic rings. The lowest BCUT2D eigenvalue weighted by molar-refractivity contribution is -0.135. The number of nitrogens with zero attached hydrogens (tertiary/aromatic N) is 6. The second-order valence-electron chi connectivity index (χ2n) is 8.23. The molecule has 0 spiro atoms. The highest BCUT2D eigenvalue weighted by atomic mass is 16.6. The maximum Gasteiger partial charge on any atom is 0.411 e. The second kappa shape index (κ2) is 7.38. The fraction of sp³-hybridized carbons (Fsp3) is 0.500. The summed E-state index contributed by atoms with van der Waals surface area (Å²) >= 11 is 0. The first-order valence-corrected chi connectivity index (χ1v) is 9.74. The van der Waals surface area contributed by atoms with E-state index in [0.29, 0.717) is 35.9 Å². The van der Waals surface area contributed by atoms with Gasteiger partial charge in [-0.25, -0.2) is 19.7 Å². The summed E-state index contributed by atoms with van der Waals surface area (Å²) in [5.74, 6) is 0.304. The van der Waals surface area contributed by atoms with Crippen molar-refractivity contribution in [3.05, 3.63) is 36.0 Å². The van der Waals surface area contributed by atoms with Crippen molar-refractivity contribution in [3.63, 3.8) is 0 Å². The summed E-state index contributed by atoms with van der Waals surface area (Å²) in [5, 5.41) is 0. The van der Waals surface area contributed by atoms with Crippen LogP contribution in [0, 0.1) is 0 Å². The summed E-state index contributed by atoms with van der Waals surface area (Å²) in [7, 11) is 0. The molecule has 1 unspecified atom stereocenters. The molecule has 2 aromatic rings. The average molecular weight is 396 g/mol. The summed E-state index contributed by atoms with van der Waals surface area (Å²) in [6.07, 6.45) is 7.75. The first-order chi connectivity index (χ1) is 13.8. The molecule has 1 fully saturated rings. The van der Waals surface area contributed by atoms with E-state index in [9.17, 15) is 9.59 Å². The van der Waals surface area contributed by atoms with Crippen LogP contribution in [0.15, 0.2) is 24.8 Å². The van der Waals surface area contributed by atoms with Gasteiger partial charge in [-0.1, -0.05) is 0 Å². The zero-order valence-corrected chi connectivity index (χ0v) is 16.8. The van der Waals surface area contributed by atoms with E-state index in [1.807, 2.05) is 0 Å². The van der Waals surface area contributed by atoms with Crippen LogP contribution in [0.2, 0.25) is 0 Å². The lowest BCUT2D eigenvalue weighted by Crippen LogP contribution is -2.43. The van der Waals surface area contributed by atoms with Gasteiger partial charge in [0.2, 0.25) is 5.91 Å². The van der Waals surface area contributed by atoms with Gasteiger partial charge in [0, 0.05) is 37.2 Å². The van der Waals surface area contributed by atoms with Crippen LogP contribution in [0.3, 0.4) is 0 Å². The molecule has 4 heterocycles. The molecule has 4 rings (SSSR count). The molecule has 0 saturated carbocycles. The number of carbonyl (C=O) groups is 2. The highest BCUT2D eigenvalue weighted by molar-refractivity contribution is 5.88. The van der Waals surface area contributed by atoms with Crippen molar-refractivity contribution < 1.29 is 14.3 Å². The minimum atomic E-state index is -0.770. The summed E-state index contributed by atoms with van der Waals surface area (Å²) in [6.45, 7) is 6.99. The Kier molecular flexibility index (Phi) is 4.89. The number of amides is 2. The largest absolute Gasteiger partial charge is 0.444 e. The Morgan fingerprint density at radius 3 is 2.52 bits per heavy atom. The number of hydrogen-bond donors (Lipinski definition) is 0. The van der Waals surface area contributed by atoms with Gasteiger partial charge in [-0.2, -0.15) is 0 Å². The number of likely N-dealkylation sites (tertiary alicyclic amines) is 1. The van der Waals surface area contributed by atoms with Crippen molar-refractivity contribution >= 4 is 12.0 Å². The van der Waals surface area contributed by atoms with Crippen molar-refractivity contribution in [2.45, 2.75) is 51.8 Å². The number of carbonyl (C=O) groups excluding carboxylic acids is 2. The Morgan fingerprint density at radius 2 is 1.86 bits per heavy atom. The van der Waals surface area contributed by atoms with Crippen LogP contribution < -0.4 is 0 Å². The van der Waals surface area contributed by atoms with Gasteiger partial charge in [-0.15, -0.1) is 0 Å². The molecule has 1 saturated heterocycles. The van der Waals surface area contributed by atoms with Crippen molar-refractivity contribution in [1.82, 2.24) is 29.7 Å². The van der Waals surface area contributed by atoms with E-state index in [2.05, 4.69) is 19.9 Å². The zero-order valence-electron chi connectivity index (χ0n) is 16.8. The Labute approximate surface area is 169 Å². The summed E-state index contributed by atoms with van der Waals surface area (Å²) < 4.78 is 5.56. The number of fused-ring (bicyclic) bond motifs is 1. The standard InChI is InChI=1S/C20H24N6O3/c1-20(2,3)29-19(28)26-12-15-13(16(26)18(27)25-8-4-5-9-25)10-23-17(24-15)14-11-21-6-7-22-14/h6-7,10-11,16H,4-5,8-9,12H2,1-3H3. The fourth-order valence-electron chi connectivity index (χ4n) is 3.61. The maximum atomic E-state index is 13.2. The Morgan fingerprint density at radius 1 is 1.10 bits per heavy atom. The SMILES string of the molecule is CC(C)(C)OC(=O)N1Cc2nc(-c3cnccn3)ncc2C1C(=O)N1CCCC1. The molecule has 9 nitrogen and oxygen atoms in total. The third kappa shape index (κ3) is 3.90. The third-order valence-corrected chi connectivity index (χ3v) is 4.90. The summed E-state index contributed by atoms with van der Waals surface area (Å²) in [4.78, 5) is 46.6.